The summed E-state index contributed by atoms with van der Waals surface area (Å²) in [4.78, 5) is 13.6. The van der Waals surface area contributed by atoms with Crippen LogP contribution in [0.1, 0.15) is 38.8 Å². The molecule has 10 nitrogen and oxygen atoms in total. The lowest BCUT2D eigenvalue weighted by Crippen LogP contribution is -2.47. The Morgan fingerprint density at radius 1 is 1.20 bits per heavy atom. The summed E-state index contributed by atoms with van der Waals surface area (Å²) in [5.41, 5.74) is 0.680. The Morgan fingerprint density at radius 2 is 1.98 bits per heavy atom. The third-order valence-electron chi connectivity index (χ3n) is 7.63. The zero-order chi connectivity index (χ0) is 29.2. The fourth-order valence-corrected chi connectivity index (χ4v) is 8.65. The lowest BCUT2D eigenvalue weighted by molar-refractivity contribution is -0.167. The van der Waals surface area contributed by atoms with E-state index in [-0.39, 0.29) is 23.4 Å². The number of halogens is 3. The predicted molar refractivity (Wildman–Crippen MR) is 149 cm³/mol. The van der Waals surface area contributed by atoms with Gasteiger partial charge < -0.3 is 20.1 Å². The highest BCUT2D eigenvalue weighted by Crippen LogP contribution is 2.51. The number of nitrogens with one attached hydrogen (secondary N) is 2. The SMILES string of the molecule is Cc1nc(NCC(F)(F)F)nc(N[C@@]23CC[C@H](CN4CCCS4(=O)=O)[C@H]2OC(C)(C)O3)c1-c1nc2ccccc2s1. The number of benzene rings is 1. The molecule has 0 radical (unpaired) electrons. The summed E-state index contributed by atoms with van der Waals surface area (Å²) in [6, 6.07) is 7.62. The molecular formula is C26H31F3N6O4S2. The van der Waals surface area contributed by atoms with Crippen molar-refractivity contribution in [3.8, 4) is 10.6 Å². The van der Waals surface area contributed by atoms with Crippen molar-refractivity contribution in [3.63, 3.8) is 0 Å². The third-order valence-corrected chi connectivity index (χ3v) is 10.6. The highest BCUT2D eigenvalue weighted by Gasteiger charge is 2.61. The summed E-state index contributed by atoms with van der Waals surface area (Å²) >= 11 is 1.43. The van der Waals surface area contributed by atoms with Crippen molar-refractivity contribution in [3.05, 3.63) is 30.0 Å². The second-order valence-electron chi connectivity index (χ2n) is 11.2. The lowest BCUT2D eigenvalue weighted by Gasteiger charge is -2.32. The van der Waals surface area contributed by atoms with Gasteiger partial charge in [0.1, 0.15) is 23.5 Å². The Balaban J connectivity index is 1.39. The van der Waals surface area contributed by atoms with Crippen LogP contribution >= 0.6 is 11.3 Å². The number of thiazole rings is 1. The number of rotatable bonds is 7. The Bertz CT molecular complexity index is 1550. The number of fused-ring (bicyclic) bond motifs is 2. The van der Waals surface area contributed by atoms with Gasteiger partial charge in [0.15, 0.2) is 11.5 Å². The van der Waals surface area contributed by atoms with Gasteiger partial charge in [-0.2, -0.15) is 18.2 Å². The average molecular weight is 613 g/mol. The van der Waals surface area contributed by atoms with Crippen LogP contribution in [-0.2, 0) is 19.5 Å². The fraction of sp³-hybridized carbons (Fsp3) is 0.577. The molecule has 2 aliphatic heterocycles. The van der Waals surface area contributed by atoms with Gasteiger partial charge in [0.05, 0.1) is 27.2 Å². The number of para-hydroxylation sites is 1. The van der Waals surface area contributed by atoms with E-state index in [0.29, 0.717) is 48.6 Å². The van der Waals surface area contributed by atoms with E-state index in [0.717, 1.165) is 10.2 Å². The standard InChI is InChI=1S/C26H31F3N6O4S2/c1-15-19(22-32-17-7-4-5-8-18(17)40-22)21(33-23(31-15)30-14-26(27,28)29)34-25-10-9-16(20(25)38-24(2,3)39-25)13-35-11-6-12-41(35,36)37/h4-5,7-8,16,20H,6,9-14H2,1-3H3,(H2,30,31,33,34)/t16-,20-,25-/m1/s1. The van der Waals surface area contributed by atoms with Crippen LogP contribution in [0.4, 0.5) is 24.9 Å². The van der Waals surface area contributed by atoms with Crippen LogP contribution in [-0.4, -0.2) is 76.9 Å². The number of aryl methyl sites for hydroxylation is 1. The number of sulfonamides is 1. The van der Waals surface area contributed by atoms with Crippen molar-refractivity contribution in [2.24, 2.45) is 5.92 Å². The van der Waals surface area contributed by atoms with Crippen LogP contribution in [0.15, 0.2) is 24.3 Å². The predicted octanol–water partition coefficient (Wildman–Crippen LogP) is 4.74. The zero-order valence-electron chi connectivity index (χ0n) is 22.8. The van der Waals surface area contributed by atoms with Crippen LogP contribution in [0.25, 0.3) is 20.8 Å². The minimum atomic E-state index is -4.46. The molecule has 3 aliphatic rings. The quantitative estimate of drug-likeness (QED) is 0.390. The van der Waals surface area contributed by atoms with Gasteiger partial charge >= 0.3 is 6.18 Å². The summed E-state index contributed by atoms with van der Waals surface area (Å²) in [5, 5.41) is 6.31. The van der Waals surface area contributed by atoms with Gasteiger partial charge in [-0.15, -0.1) is 11.3 Å². The Hall–Kier alpha value is -2.59. The largest absolute Gasteiger partial charge is 0.405 e. The highest BCUT2D eigenvalue weighted by atomic mass is 32.2. The lowest BCUT2D eigenvalue weighted by atomic mass is 10.0. The van der Waals surface area contributed by atoms with Gasteiger partial charge in [0.25, 0.3) is 0 Å². The van der Waals surface area contributed by atoms with Crippen LogP contribution < -0.4 is 10.6 Å². The van der Waals surface area contributed by atoms with E-state index in [9.17, 15) is 21.6 Å². The molecule has 15 heteroatoms. The molecule has 1 aromatic carbocycles. The van der Waals surface area contributed by atoms with E-state index in [1.165, 1.54) is 15.6 Å². The summed E-state index contributed by atoms with van der Waals surface area (Å²) in [6.45, 7) is 4.76. The molecule has 222 valence electrons. The third kappa shape index (κ3) is 5.61. The Labute approximate surface area is 239 Å². The molecule has 2 aromatic heterocycles. The monoisotopic (exact) mass is 612 g/mol. The van der Waals surface area contributed by atoms with Gasteiger partial charge in [-0.3, -0.25) is 0 Å². The van der Waals surface area contributed by atoms with Crippen LogP contribution in [0.3, 0.4) is 0 Å². The van der Waals surface area contributed by atoms with E-state index in [1.807, 2.05) is 24.3 Å². The van der Waals surface area contributed by atoms with Crippen molar-refractivity contribution >= 4 is 43.3 Å². The molecule has 2 saturated heterocycles. The molecule has 3 atom stereocenters. The smallest absolute Gasteiger partial charge is 0.345 e. The number of hydrogen-bond acceptors (Lipinski definition) is 10. The number of anilines is 2. The Kier molecular flexibility index (Phi) is 6.96. The maximum atomic E-state index is 13.0. The van der Waals surface area contributed by atoms with E-state index in [2.05, 4.69) is 20.6 Å². The summed E-state index contributed by atoms with van der Waals surface area (Å²) in [7, 11) is -3.31. The Morgan fingerprint density at radius 3 is 2.68 bits per heavy atom. The van der Waals surface area contributed by atoms with Gasteiger partial charge in [-0.1, -0.05) is 12.1 Å². The first-order valence-corrected chi connectivity index (χ1v) is 15.9. The van der Waals surface area contributed by atoms with Crippen LogP contribution in [0, 0.1) is 12.8 Å². The molecular weight excluding hydrogens is 581 g/mol. The molecule has 1 aliphatic carbocycles. The molecule has 3 fully saturated rings. The van der Waals surface area contributed by atoms with Crippen molar-refractivity contribution in [1.82, 2.24) is 19.3 Å². The van der Waals surface area contributed by atoms with E-state index >= 15 is 0 Å². The first-order chi connectivity index (χ1) is 19.2. The van der Waals surface area contributed by atoms with Crippen LogP contribution in [0.2, 0.25) is 0 Å². The molecule has 0 bridgehead atoms. The molecule has 4 heterocycles. The van der Waals surface area contributed by atoms with E-state index in [4.69, 9.17) is 14.5 Å². The number of aromatic nitrogens is 3. The summed E-state index contributed by atoms with van der Waals surface area (Å²) < 4.78 is 79.5. The minimum Gasteiger partial charge on any atom is -0.345 e. The second-order valence-corrected chi connectivity index (χ2v) is 14.3. The average Bonchev–Trinajstić information content (AvgIpc) is 3.58. The molecule has 41 heavy (non-hydrogen) atoms. The number of ether oxygens (including phenoxy) is 2. The van der Waals surface area contributed by atoms with Crippen molar-refractivity contribution < 1.29 is 31.1 Å². The van der Waals surface area contributed by atoms with Gasteiger partial charge in [0.2, 0.25) is 16.0 Å². The summed E-state index contributed by atoms with van der Waals surface area (Å²) in [6.07, 6.45) is -3.29. The molecule has 0 amide bonds. The molecule has 0 spiro atoms. The maximum absolute atomic E-state index is 13.0. The van der Waals surface area contributed by atoms with Gasteiger partial charge in [0, 0.05) is 19.0 Å². The topological polar surface area (TPSA) is 119 Å². The normalized spacial score (nSPS) is 27.4. The first-order valence-electron chi connectivity index (χ1n) is 13.4. The fourth-order valence-electron chi connectivity index (χ4n) is 6.00. The van der Waals surface area contributed by atoms with Crippen molar-refractivity contribution in [1.29, 1.82) is 0 Å². The number of nitrogens with zero attached hydrogens (tertiary/aromatic N) is 4. The zero-order valence-corrected chi connectivity index (χ0v) is 24.4. The molecule has 0 unspecified atom stereocenters. The number of alkyl halides is 3. The summed E-state index contributed by atoms with van der Waals surface area (Å²) in [5.74, 6) is -0.932. The minimum absolute atomic E-state index is 0.135. The van der Waals surface area contributed by atoms with Gasteiger partial charge in [-0.05, 0) is 52.2 Å². The van der Waals surface area contributed by atoms with E-state index < -0.39 is 40.4 Å². The maximum Gasteiger partial charge on any atom is 0.405 e. The molecule has 6 rings (SSSR count). The molecule has 1 saturated carbocycles. The molecule has 3 aromatic rings. The van der Waals surface area contributed by atoms with Gasteiger partial charge in [-0.25, -0.2) is 22.7 Å². The number of hydrogen-bond donors (Lipinski definition) is 2. The van der Waals surface area contributed by atoms with E-state index in [1.54, 1.807) is 20.8 Å². The van der Waals surface area contributed by atoms with Crippen LogP contribution in [0.5, 0.6) is 0 Å². The van der Waals surface area contributed by atoms with Crippen molar-refractivity contribution in [2.75, 3.05) is 36.0 Å². The second kappa shape index (κ2) is 10.0. The van der Waals surface area contributed by atoms with Crippen molar-refractivity contribution in [2.45, 2.75) is 63.8 Å². The first kappa shape index (κ1) is 28.5. The highest BCUT2D eigenvalue weighted by molar-refractivity contribution is 7.89. The molecule has 2 N–H and O–H groups in total.